The zero-order valence-electron chi connectivity index (χ0n) is 11.4. The summed E-state index contributed by atoms with van der Waals surface area (Å²) in [5, 5.41) is 1.99. The summed E-state index contributed by atoms with van der Waals surface area (Å²) in [5.41, 5.74) is 4.60. The normalized spacial score (nSPS) is 11.1. The molecule has 1 aromatic carbocycles. The minimum absolute atomic E-state index is 0.887. The van der Waals surface area contributed by atoms with Gasteiger partial charge in [-0.25, -0.2) is 0 Å². The van der Waals surface area contributed by atoms with E-state index >= 15 is 0 Å². The van der Waals surface area contributed by atoms with Gasteiger partial charge in [0.25, 0.3) is 0 Å². The fourth-order valence-electron chi connectivity index (χ4n) is 2.37. The van der Waals surface area contributed by atoms with Crippen LogP contribution in [0.5, 0.6) is 0 Å². The molecule has 1 heterocycles. The number of hydrogen-bond donors (Lipinski definition) is 0. The van der Waals surface area contributed by atoms with Crippen LogP contribution in [0.1, 0.15) is 43.5 Å². The maximum Gasteiger partial charge on any atom is 0.0720 e. The van der Waals surface area contributed by atoms with Gasteiger partial charge in [-0.1, -0.05) is 37.9 Å². The van der Waals surface area contributed by atoms with Gasteiger partial charge in [-0.15, -0.1) is 0 Å². The molecule has 1 nitrogen and oxygen atoms in total. The van der Waals surface area contributed by atoms with Gasteiger partial charge in [0.2, 0.25) is 0 Å². The molecule has 0 aliphatic heterocycles. The van der Waals surface area contributed by atoms with Crippen LogP contribution < -0.4 is 0 Å². The Labute approximate surface area is 114 Å². The van der Waals surface area contributed by atoms with Crippen molar-refractivity contribution < 1.29 is 0 Å². The summed E-state index contributed by atoms with van der Waals surface area (Å²) < 4.78 is 0. The SMILES string of the molecule is CCCCc1ccc2nc(C)c(CC)c(Cl)c2c1. The van der Waals surface area contributed by atoms with Crippen LogP contribution in [-0.4, -0.2) is 4.98 Å². The second-order valence-corrected chi connectivity index (χ2v) is 5.18. The van der Waals surface area contributed by atoms with Crippen LogP contribution in [0.4, 0.5) is 0 Å². The van der Waals surface area contributed by atoms with Crippen LogP contribution in [0.3, 0.4) is 0 Å². The fourth-order valence-corrected chi connectivity index (χ4v) is 2.80. The van der Waals surface area contributed by atoms with Crippen molar-refractivity contribution >= 4 is 22.5 Å². The number of aryl methyl sites for hydroxylation is 2. The maximum absolute atomic E-state index is 6.51. The number of pyridine rings is 1. The molecule has 0 saturated heterocycles. The highest BCUT2D eigenvalue weighted by atomic mass is 35.5. The molecule has 2 heteroatoms. The van der Waals surface area contributed by atoms with E-state index in [0.717, 1.165) is 34.5 Å². The van der Waals surface area contributed by atoms with Gasteiger partial charge in [-0.2, -0.15) is 0 Å². The van der Waals surface area contributed by atoms with E-state index in [1.807, 2.05) is 6.92 Å². The van der Waals surface area contributed by atoms with Gasteiger partial charge in [0.1, 0.15) is 0 Å². The molecule has 0 aliphatic rings. The second-order valence-electron chi connectivity index (χ2n) is 4.80. The minimum atomic E-state index is 0.887. The van der Waals surface area contributed by atoms with Gasteiger partial charge in [0.05, 0.1) is 10.5 Å². The molecular formula is C16H20ClN. The molecule has 0 atom stereocenters. The molecule has 0 unspecified atom stereocenters. The first-order valence-corrected chi connectivity index (χ1v) is 7.12. The fraction of sp³-hybridized carbons (Fsp3) is 0.438. The summed E-state index contributed by atoms with van der Waals surface area (Å²) in [6, 6.07) is 6.48. The first-order chi connectivity index (χ1) is 8.67. The van der Waals surface area contributed by atoms with Gasteiger partial charge in [0, 0.05) is 11.1 Å². The molecule has 96 valence electrons. The van der Waals surface area contributed by atoms with Gasteiger partial charge >= 0.3 is 0 Å². The molecule has 0 bridgehead atoms. The van der Waals surface area contributed by atoms with Crippen molar-refractivity contribution in [2.75, 3.05) is 0 Å². The average molecular weight is 262 g/mol. The van der Waals surface area contributed by atoms with E-state index < -0.39 is 0 Å². The van der Waals surface area contributed by atoms with E-state index in [1.54, 1.807) is 0 Å². The van der Waals surface area contributed by atoms with E-state index in [0.29, 0.717) is 0 Å². The average Bonchev–Trinajstić information content (AvgIpc) is 2.37. The lowest BCUT2D eigenvalue weighted by Crippen LogP contribution is -1.95. The number of aromatic nitrogens is 1. The highest BCUT2D eigenvalue weighted by molar-refractivity contribution is 6.36. The number of fused-ring (bicyclic) bond motifs is 1. The number of unbranched alkanes of at least 4 members (excludes halogenated alkanes) is 1. The lowest BCUT2D eigenvalue weighted by molar-refractivity contribution is 0.796. The topological polar surface area (TPSA) is 12.9 Å². The number of halogens is 1. The molecular weight excluding hydrogens is 242 g/mol. The monoisotopic (exact) mass is 261 g/mol. The Kier molecular flexibility index (Phi) is 4.23. The summed E-state index contributed by atoms with van der Waals surface area (Å²) >= 11 is 6.51. The van der Waals surface area contributed by atoms with Crippen molar-refractivity contribution in [3.8, 4) is 0 Å². The lowest BCUT2D eigenvalue weighted by Gasteiger charge is -2.10. The number of benzene rings is 1. The summed E-state index contributed by atoms with van der Waals surface area (Å²) in [4.78, 5) is 4.64. The van der Waals surface area contributed by atoms with Crippen molar-refractivity contribution in [3.05, 3.63) is 40.0 Å². The highest BCUT2D eigenvalue weighted by Gasteiger charge is 2.09. The lowest BCUT2D eigenvalue weighted by atomic mass is 10.0. The molecule has 1 aromatic heterocycles. The summed E-state index contributed by atoms with van der Waals surface area (Å²) in [7, 11) is 0. The third kappa shape index (κ3) is 2.51. The summed E-state index contributed by atoms with van der Waals surface area (Å²) in [6.45, 7) is 6.38. The quantitative estimate of drug-likeness (QED) is 0.746. The molecule has 0 spiro atoms. The molecule has 2 rings (SSSR count). The first kappa shape index (κ1) is 13.4. The van der Waals surface area contributed by atoms with Crippen molar-refractivity contribution in [3.63, 3.8) is 0 Å². The molecule has 2 aromatic rings. The van der Waals surface area contributed by atoms with E-state index in [9.17, 15) is 0 Å². The number of rotatable bonds is 4. The van der Waals surface area contributed by atoms with Crippen LogP contribution in [0.25, 0.3) is 10.9 Å². The predicted octanol–water partition coefficient (Wildman–Crippen LogP) is 5.10. The molecule has 0 saturated carbocycles. The van der Waals surface area contributed by atoms with Gasteiger partial charge in [0.15, 0.2) is 0 Å². The molecule has 0 aliphatic carbocycles. The Morgan fingerprint density at radius 3 is 2.67 bits per heavy atom. The van der Waals surface area contributed by atoms with E-state index in [1.165, 1.54) is 24.0 Å². The number of hydrogen-bond acceptors (Lipinski definition) is 1. The third-order valence-electron chi connectivity index (χ3n) is 3.46. The van der Waals surface area contributed by atoms with Gasteiger partial charge in [-0.3, -0.25) is 4.98 Å². The van der Waals surface area contributed by atoms with Crippen molar-refractivity contribution in [1.29, 1.82) is 0 Å². The Hall–Kier alpha value is -1.08. The summed E-state index contributed by atoms with van der Waals surface area (Å²) in [5.74, 6) is 0. The maximum atomic E-state index is 6.51. The second kappa shape index (κ2) is 5.71. The third-order valence-corrected chi connectivity index (χ3v) is 3.89. The smallest absolute Gasteiger partial charge is 0.0720 e. The minimum Gasteiger partial charge on any atom is -0.253 e. The van der Waals surface area contributed by atoms with Gasteiger partial charge in [-0.05, 0) is 49.4 Å². The Balaban J connectivity index is 2.54. The van der Waals surface area contributed by atoms with Gasteiger partial charge < -0.3 is 0 Å². The molecule has 0 fully saturated rings. The standard InChI is InChI=1S/C16H20ClN/c1-4-6-7-12-8-9-15-14(10-12)16(17)13(5-2)11(3)18-15/h8-10H,4-7H2,1-3H3. The molecule has 0 amide bonds. The first-order valence-electron chi connectivity index (χ1n) is 6.75. The molecule has 18 heavy (non-hydrogen) atoms. The zero-order valence-corrected chi connectivity index (χ0v) is 12.1. The van der Waals surface area contributed by atoms with Crippen molar-refractivity contribution in [1.82, 2.24) is 4.98 Å². The van der Waals surface area contributed by atoms with E-state index in [2.05, 4.69) is 37.0 Å². The highest BCUT2D eigenvalue weighted by Crippen LogP contribution is 2.29. The molecule has 0 N–H and O–H groups in total. The zero-order chi connectivity index (χ0) is 13.1. The van der Waals surface area contributed by atoms with Crippen molar-refractivity contribution in [2.45, 2.75) is 46.5 Å². The molecule has 0 radical (unpaired) electrons. The van der Waals surface area contributed by atoms with Crippen LogP contribution in [-0.2, 0) is 12.8 Å². The predicted molar refractivity (Wildman–Crippen MR) is 79.5 cm³/mol. The van der Waals surface area contributed by atoms with E-state index in [-0.39, 0.29) is 0 Å². The Morgan fingerprint density at radius 2 is 2.00 bits per heavy atom. The van der Waals surface area contributed by atoms with Crippen molar-refractivity contribution in [2.24, 2.45) is 0 Å². The van der Waals surface area contributed by atoms with Crippen LogP contribution >= 0.6 is 11.6 Å². The number of nitrogens with zero attached hydrogens (tertiary/aromatic N) is 1. The van der Waals surface area contributed by atoms with E-state index in [4.69, 9.17) is 11.6 Å². The Morgan fingerprint density at radius 1 is 1.22 bits per heavy atom. The van der Waals surface area contributed by atoms with Crippen LogP contribution in [0, 0.1) is 6.92 Å². The van der Waals surface area contributed by atoms with Crippen LogP contribution in [0.15, 0.2) is 18.2 Å². The largest absolute Gasteiger partial charge is 0.253 e. The Bertz CT molecular complexity index is 561. The van der Waals surface area contributed by atoms with Crippen LogP contribution in [0.2, 0.25) is 5.02 Å². The summed E-state index contributed by atoms with van der Waals surface area (Å²) in [6.07, 6.45) is 4.51.